The minimum Gasteiger partial charge on any atom is -0.494 e. The van der Waals surface area contributed by atoms with Gasteiger partial charge >= 0.3 is 5.97 Å². The number of ether oxygens (including phenoxy) is 2. The van der Waals surface area contributed by atoms with Crippen LogP contribution in [0.1, 0.15) is 21.6 Å². The number of nitrogen functional groups attached to an aromatic ring is 1. The van der Waals surface area contributed by atoms with Gasteiger partial charge in [0.15, 0.2) is 11.6 Å². The van der Waals surface area contributed by atoms with E-state index in [1.54, 1.807) is 13.0 Å². The summed E-state index contributed by atoms with van der Waals surface area (Å²) in [6, 6.07) is 4.28. The second-order valence-corrected chi connectivity index (χ2v) is 4.05. The molecule has 0 atom stereocenters. The normalized spacial score (nSPS) is 10.3. The number of hydrogen-bond acceptors (Lipinski definition) is 6. The van der Waals surface area contributed by atoms with E-state index >= 15 is 0 Å². The van der Waals surface area contributed by atoms with Crippen molar-refractivity contribution >= 4 is 11.9 Å². The quantitative estimate of drug-likeness (QED) is 0.862. The van der Waals surface area contributed by atoms with Crippen LogP contribution in [0.3, 0.4) is 0 Å². The molecule has 1 aromatic carbocycles. The second kappa shape index (κ2) is 5.60. The summed E-state index contributed by atoms with van der Waals surface area (Å²) in [5.74, 6) is -1.17. The minimum atomic E-state index is -0.669. The van der Waals surface area contributed by atoms with Crippen LogP contribution in [0.5, 0.6) is 5.75 Å². The molecule has 0 aliphatic carbocycles. The molecule has 0 saturated carbocycles. The summed E-state index contributed by atoms with van der Waals surface area (Å²) in [5, 5.41) is 3.55. The van der Waals surface area contributed by atoms with E-state index in [0.717, 1.165) is 0 Å². The molecule has 1 aromatic heterocycles. The predicted molar refractivity (Wildman–Crippen MR) is 67.7 cm³/mol. The molecule has 0 radical (unpaired) electrons. The van der Waals surface area contributed by atoms with Gasteiger partial charge in [0.25, 0.3) is 0 Å². The Kier molecular flexibility index (Phi) is 3.88. The Labute approximate surface area is 114 Å². The maximum atomic E-state index is 13.5. The highest BCUT2D eigenvalue weighted by molar-refractivity contribution is 5.94. The molecule has 6 nitrogen and oxygen atoms in total. The molecule has 0 unspecified atom stereocenters. The number of nitrogens with two attached hydrogens (primary N) is 1. The van der Waals surface area contributed by atoms with Crippen LogP contribution in [0.4, 0.5) is 10.3 Å². The third-order valence-electron chi connectivity index (χ3n) is 2.68. The van der Waals surface area contributed by atoms with E-state index < -0.39 is 11.8 Å². The van der Waals surface area contributed by atoms with Crippen LogP contribution in [0, 0.1) is 12.7 Å². The third-order valence-corrected chi connectivity index (χ3v) is 2.68. The summed E-state index contributed by atoms with van der Waals surface area (Å²) in [7, 11) is 1.37. The zero-order valence-corrected chi connectivity index (χ0v) is 11.0. The van der Waals surface area contributed by atoms with Gasteiger partial charge in [-0.2, -0.15) is 0 Å². The lowest BCUT2D eigenvalue weighted by molar-refractivity contribution is 0.0472. The van der Waals surface area contributed by atoms with E-state index in [-0.39, 0.29) is 23.8 Å². The van der Waals surface area contributed by atoms with Crippen molar-refractivity contribution in [2.45, 2.75) is 13.5 Å². The fourth-order valence-corrected chi connectivity index (χ4v) is 1.66. The average molecular weight is 280 g/mol. The number of carbonyl (C=O) groups excluding carboxylic acids is 1. The zero-order valence-electron chi connectivity index (χ0n) is 11.0. The molecule has 0 amide bonds. The van der Waals surface area contributed by atoms with Crippen LogP contribution in [0.15, 0.2) is 22.7 Å². The molecule has 7 heteroatoms. The van der Waals surface area contributed by atoms with E-state index in [1.165, 1.54) is 19.2 Å². The fourth-order valence-electron chi connectivity index (χ4n) is 1.66. The standard InChI is InChI=1S/C13H13FN2O4/c1-7-11(12(15)20-16-7)13(17)19-6-8-3-4-10(18-2)9(14)5-8/h3-5H,6,15H2,1-2H3. The highest BCUT2D eigenvalue weighted by Gasteiger charge is 2.20. The Bertz CT molecular complexity index is 620. The molecular formula is C13H13FN2O4. The molecule has 2 aromatic rings. The fraction of sp³-hybridized carbons (Fsp3) is 0.231. The maximum Gasteiger partial charge on any atom is 0.346 e. The van der Waals surface area contributed by atoms with Crippen molar-refractivity contribution in [1.82, 2.24) is 5.16 Å². The van der Waals surface area contributed by atoms with Gasteiger partial charge in [-0.1, -0.05) is 11.2 Å². The summed E-state index contributed by atoms with van der Waals surface area (Å²) in [6.45, 7) is 1.48. The lowest BCUT2D eigenvalue weighted by atomic mass is 10.2. The van der Waals surface area contributed by atoms with Gasteiger partial charge in [-0.3, -0.25) is 0 Å². The monoisotopic (exact) mass is 280 g/mol. The number of methoxy groups -OCH3 is 1. The van der Waals surface area contributed by atoms with Crippen LogP contribution in [-0.4, -0.2) is 18.2 Å². The number of aromatic nitrogens is 1. The highest BCUT2D eigenvalue weighted by Crippen LogP contribution is 2.20. The van der Waals surface area contributed by atoms with Crippen molar-refractivity contribution in [1.29, 1.82) is 0 Å². The first-order valence-corrected chi connectivity index (χ1v) is 5.74. The molecule has 2 rings (SSSR count). The summed E-state index contributed by atoms with van der Waals surface area (Å²) in [6.07, 6.45) is 0. The van der Waals surface area contributed by atoms with Crippen LogP contribution >= 0.6 is 0 Å². The van der Waals surface area contributed by atoms with Gasteiger partial charge in [0.1, 0.15) is 12.2 Å². The molecule has 1 heterocycles. The van der Waals surface area contributed by atoms with Crippen LogP contribution in [-0.2, 0) is 11.3 Å². The van der Waals surface area contributed by atoms with Gasteiger partial charge in [-0.25, -0.2) is 9.18 Å². The third kappa shape index (κ3) is 2.71. The van der Waals surface area contributed by atoms with E-state index in [1.807, 2.05) is 0 Å². The number of rotatable bonds is 4. The average Bonchev–Trinajstić information content (AvgIpc) is 2.76. The van der Waals surface area contributed by atoms with E-state index in [2.05, 4.69) is 9.68 Å². The topological polar surface area (TPSA) is 87.6 Å². The van der Waals surface area contributed by atoms with Crippen molar-refractivity contribution < 1.29 is 23.2 Å². The van der Waals surface area contributed by atoms with E-state index in [4.69, 9.17) is 15.2 Å². The summed E-state index contributed by atoms with van der Waals surface area (Å²) in [4.78, 5) is 11.8. The number of hydrogen-bond donors (Lipinski definition) is 1. The van der Waals surface area contributed by atoms with Crippen molar-refractivity contribution in [3.05, 3.63) is 40.8 Å². The van der Waals surface area contributed by atoms with Crippen molar-refractivity contribution in [3.63, 3.8) is 0 Å². The van der Waals surface area contributed by atoms with Gasteiger partial charge in [0.05, 0.1) is 12.8 Å². The highest BCUT2D eigenvalue weighted by atomic mass is 19.1. The Morgan fingerprint density at radius 2 is 2.25 bits per heavy atom. The summed E-state index contributed by atoms with van der Waals surface area (Å²) in [5.41, 5.74) is 6.38. The first kappa shape index (κ1) is 13.9. The lowest BCUT2D eigenvalue weighted by Crippen LogP contribution is -2.08. The molecule has 0 spiro atoms. The van der Waals surface area contributed by atoms with Crippen LogP contribution in [0.25, 0.3) is 0 Å². The van der Waals surface area contributed by atoms with Crippen LogP contribution < -0.4 is 10.5 Å². The lowest BCUT2D eigenvalue weighted by Gasteiger charge is -2.06. The molecule has 0 aliphatic rings. The van der Waals surface area contributed by atoms with E-state index in [0.29, 0.717) is 11.3 Å². The molecular weight excluding hydrogens is 267 g/mol. The van der Waals surface area contributed by atoms with Gasteiger partial charge < -0.3 is 19.7 Å². The largest absolute Gasteiger partial charge is 0.494 e. The number of anilines is 1. The Morgan fingerprint density at radius 3 is 2.80 bits per heavy atom. The molecule has 0 fully saturated rings. The molecule has 0 bridgehead atoms. The molecule has 0 aliphatic heterocycles. The van der Waals surface area contributed by atoms with Gasteiger partial charge in [0, 0.05) is 0 Å². The predicted octanol–water partition coefficient (Wildman–Crippen LogP) is 2.07. The van der Waals surface area contributed by atoms with Gasteiger partial charge in [-0.05, 0) is 24.6 Å². The van der Waals surface area contributed by atoms with Crippen molar-refractivity contribution in [2.24, 2.45) is 0 Å². The Morgan fingerprint density at radius 1 is 1.50 bits per heavy atom. The minimum absolute atomic E-state index is 0.0824. The SMILES string of the molecule is COc1ccc(COC(=O)c2c(C)noc2N)cc1F. The van der Waals surface area contributed by atoms with E-state index in [9.17, 15) is 9.18 Å². The summed E-state index contributed by atoms with van der Waals surface area (Å²) >= 11 is 0. The van der Waals surface area contributed by atoms with Gasteiger partial charge in [-0.15, -0.1) is 0 Å². The van der Waals surface area contributed by atoms with Crippen molar-refractivity contribution in [3.8, 4) is 5.75 Å². The number of nitrogens with zero attached hydrogens (tertiary/aromatic N) is 1. The number of halogens is 1. The first-order valence-electron chi connectivity index (χ1n) is 5.74. The first-order chi connectivity index (χ1) is 9.52. The Balaban J connectivity index is 2.06. The smallest absolute Gasteiger partial charge is 0.346 e. The zero-order chi connectivity index (χ0) is 14.7. The molecule has 2 N–H and O–H groups in total. The number of carbonyl (C=O) groups is 1. The van der Waals surface area contributed by atoms with Gasteiger partial charge in [0.2, 0.25) is 5.88 Å². The van der Waals surface area contributed by atoms with Crippen molar-refractivity contribution in [2.75, 3.05) is 12.8 Å². The Hall–Kier alpha value is -2.57. The second-order valence-electron chi connectivity index (χ2n) is 4.05. The molecule has 20 heavy (non-hydrogen) atoms. The number of esters is 1. The number of aryl methyl sites for hydroxylation is 1. The maximum absolute atomic E-state index is 13.5. The molecule has 0 saturated heterocycles. The number of benzene rings is 1. The molecule has 106 valence electrons. The van der Waals surface area contributed by atoms with Crippen LogP contribution in [0.2, 0.25) is 0 Å². The summed E-state index contributed by atoms with van der Waals surface area (Å²) < 4.78 is 28.0.